The van der Waals surface area contributed by atoms with E-state index in [2.05, 4.69) is 18.2 Å². The van der Waals surface area contributed by atoms with E-state index in [0.29, 0.717) is 6.54 Å². The second kappa shape index (κ2) is 4.94. The molecule has 2 aromatic rings. The Morgan fingerprint density at radius 1 is 1.00 bits per heavy atom. The Hall–Kier alpha value is -2.16. The molecule has 0 bridgehead atoms. The van der Waals surface area contributed by atoms with Crippen LogP contribution in [-0.4, -0.2) is 17.4 Å². The summed E-state index contributed by atoms with van der Waals surface area (Å²) in [6.45, 7) is 1.47. The molecule has 22 heavy (non-hydrogen) atoms. The molecule has 0 N–H and O–H groups in total. The van der Waals surface area contributed by atoms with Gasteiger partial charge in [0.25, 0.3) is 0 Å². The number of rotatable bonds is 2. The number of fused-ring (bicyclic) bond motifs is 1. The average molecular weight is 295 g/mol. The molecule has 1 fully saturated rings. The molecule has 3 heteroatoms. The lowest BCUT2D eigenvalue weighted by molar-refractivity contribution is -0.134. The van der Waals surface area contributed by atoms with Crippen molar-refractivity contribution >= 4 is 5.91 Å². The van der Waals surface area contributed by atoms with Crippen molar-refractivity contribution in [3.63, 3.8) is 0 Å². The number of halogens is 1. The highest BCUT2D eigenvalue weighted by atomic mass is 19.1. The fourth-order valence-electron chi connectivity index (χ4n) is 3.49. The van der Waals surface area contributed by atoms with Gasteiger partial charge in [-0.2, -0.15) is 0 Å². The second-order valence-electron chi connectivity index (χ2n) is 6.33. The molecule has 0 unspecified atom stereocenters. The van der Waals surface area contributed by atoms with Gasteiger partial charge in [0.1, 0.15) is 5.82 Å². The van der Waals surface area contributed by atoms with Crippen molar-refractivity contribution in [3.05, 3.63) is 71.0 Å². The van der Waals surface area contributed by atoms with Crippen molar-refractivity contribution in [1.82, 2.24) is 4.90 Å². The summed E-state index contributed by atoms with van der Waals surface area (Å²) in [5.74, 6) is -0.0486. The number of nitrogens with zero attached hydrogens (tertiary/aromatic N) is 1. The standard InChI is InChI=1S/C19H18FNO/c20-17-7-5-16(6-8-17)19(10-11-19)18(22)21-12-9-14-3-1-2-4-15(14)13-21/h1-8H,9-13H2. The molecule has 0 atom stereocenters. The maximum Gasteiger partial charge on any atom is 0.233 e. The Morgan fingerprint density at radius 2 is 1.68 bits per heavy atom. The molecule has 0 spiro atoms. The van der Waals surface area contributed by atoms with E-state index in [1.54, 1.807) is 12.1 Å². The van der Waals surface area contributed by atoms with Crippen molar-refractivity contribution in [1.29, 1.82) is 0 Å². The number of amides is 1. The van der Waals surface area contributed by atoms with Crippen molar-refractivity contribution in [3.8, 4) is 0 Å². The zero-order valence-electron chi connectivity index (χ0n) is 12.4. The van der Waals surface area contributed by atoms with Gasteiger partial charge in [0.2, 0.25) is 5.91 Å². The van der Waals surface area contributed by atoms with Gasteiger partial charge >= 0.3 is 0 Å². The first-order chi connectivity index (χ1) is 10.7. The molecule has 4 rings (SSSR count). The third kappa shape index (κ3) is 2.12. The number of carbonyl (C=O) groups is 1. The monoisotopic (exact) mass is 295 g/mol. The highest BCUT2D eigenvalue weighted by Gasteiger charge is 2.53. The van der Waals surface area contributed by atoms with Crippen molar-refractivity contribution in [2.75, 3.05) is 6.54 Å². The van der Waals surface area contributed by atoms with Gasteiger partial charge in [-0.05, 0) is 48.1 Å². The summed E-state index contributed by atoms with van der Waals surface area (Å²) in [5.41, 5.74) is 3.15. The highest BCUT2D eigenvalue weighted by Crippen LogP contribution is 2.50. The normalized spacial score (nSPS) is 18.7. The summed E-state index contributed by atoms with van der Waals surface area (Å²) in [6, 6.07) is 14.8. The number of carbonyl (C=O) groups excluding carboxylic acids is 1. The molecule has 1 heterocycles. The SMILES string of the molecule is O=C(N1CCc2ccccc2C1)C1(c2ccc(F)cc2)CC1. The molecule has 2 nitrogen and oxygen atoms in total. The first kappa shape index (κ1) is 13.5. The summed E-state index contributed by atoms with van der Waals surface area (Å²) >= 11 is 0. The number of benzene rings is 2. The van der Waals surface area contributed by atoms with Crippen LogP contribution in [0.1, 0.15) is 29.5 Å². The average Bonchev–Trinajstić information content (AvgIpc) is 3.36. The number of hydrogen-bond acceptors (Lipinski definition) is 1. The van der Waals surface area contributed by atoms with Crippen LogP contribution in [0.3, 0.4) is 0 Å². The van der Waals surface area contributed by atoms with Crippen LogP contribution in [0.4, 0.5) is 4.39 Å². The molecule has 2 aromatic carbocycles. The van der Waals surface area contributed by atoms with E-state index in [0.717, 1.165) is 31.4 Å². The quantitative estimate of drug-likeness (QED) is 0.831. The van der Waals surface area contributed by atoms with Gasteiger partial charge in [-0.15, -0.1) is 0 Å². The molecular weight excluding hydrogens is 277 g/mol. The van der Waals surface area contributed by atoms with Gasteiger partial charge in [0.05, 0.1) is 5.41 Å². The topological polar surface area (TPSA) is 20.3 Å². The zero-order valence-corrected chi connectivity index (χ0v) is 12.4. The third-order valence-corrected chi connectivity index (χ3v) is 4.97. The molecule has 0 aromatic heterocycles. The Balaban J connectivity index is 1.59. The van der Waals surface area contributed by atoms with Crippen LogP contribution < -0.4 is 0 Å². The Kier molecular flexibility index (Phi) is 3.03. The third-order valence-electron chi connectivity index (χ3n) is 4.97. The highest BCUT2D eigenvalue weighted by molar-refractivity contribution is 5.91. The maximum atomic E-state index is 13.1. The minimum Gasteiger partial charge on any atom is -0.337 e. The van der Waals surface area contributed by atoms with E-state index in [9.17, 15) is 9.18 Å². The van der Waals surface area contributed by atoms with Crippen LogP contribution >= 0.6 is 0 Å². The predicted molar refractivity (Wildman–Crippen MR) is 82.9 cm³/mol. The van der Waals surface area contributed by atoms with E-state index in [1.165, 1.54) is 23.3 Å². The largest absolute Gasteiger partial charge is 0.337 e. The van der Waals surface area contributed by atoms with Gasteiger partial charge < -0.3 is 4.90 Å². The van der Waals surface area contributed by atoms with Crippen molar-refractivity contribution in [2.45, 2.75) is 31.2 Å². The lowest BCUT2D eigenvalue weighted by Gasteiger charge is -2.32. The minimum atomic E-state index is -0.403. The first-order valence-corrected chi connectivity index (χ1v) is 7.81. The minimum absolute atomic E-state index is 0.202. The van der Waals surface area contributed by atoms with Gasteiger partial charge in [-0.1, -0.05) is 36.4 Å². The van der Waals surface area contributed by atoms with Crippen LogP contribution in [0, 0.1) is 5.82 Å². The fourth-order valence-corrected chi connectivity index (χ4v) is 3.49. The molecule has 0 radical (unpaired) electrons. The van der Waals surface area contributed by atoms with E-state index in [-0.39, 0.29) is 11.7 Å². The van der Waals surface area contributed by atoms with Crippen molar-refractivity contribution in [2.24, 2.45) is 0 Å². The Bertz CT molecular complexity index is 718. The lowest BCUT2D eigenvalue weighted by atomic mass is 9.92. The fraction of sp³-hybridized carbons (Fsp3) is 0.316. The Morgan fingerprint density at radius 3 is 2.36 bits per heavy atom. The van der Waals surface area contributed by atoms with E-state index in [1.807, 2.05) is 11.0 Å². The first-order valence-electron chi connectivity index (χ1n) is 7.81. The molecule has 1 aliphatic heterocycles. The lowest BCUT2D eigenvalue weighted by Crippen LogP contribution is -2.42. The van der Waals surface area contributed by atoms with Crippen LogP contribution in [0.2, 0.25) is 0 Å². The van der Waals surface area contributed by atoms with E-state index >= 15 is 0 Å². The summed E-state index contributed by atoms with van der Waals surface area (Å²) in [6.07, 6.45) is 2.66. The molecule has 112 valence electrons. The molecule has 1 amide bonds. The summed E-state index contributed by atoms with van der Waals surface area (Å²) in [4.78, 5) is 15.0. The van der Waals surface area contributed by atoms with Gasteiger partial charge in [0.15, 0.2) is 0 Å². The second-order valence-corrected chi connectivity index (χ2v) is 6.33. The van der Waals surface area contributed by atoms with Crippen LogP contribution in [0.15, 0.2) is 48.5 Å². The molecule has 2 aliphatic rings. The number of hydrogen-bond donors (Lipinski definition) is 0. The van der Waals surface area contributed by atoms with Crippen LogP contribution in [-0.2, 0) is 23.2 Å². The van der Waals surface area contributed by atoms with E-state index in [4.69, 9.17) is 0 Å². The maximum absolute atomic E-state index is 13.1. The smallest absolute Gasteiger partial charge is 0.233 e. The zero-order chi connectivity index (χ0) is 15.2. The van der Waals surface area contributed by atoms with Gasteiger partial charge in [-0.3, -0.25) is 4.79 Å². The van der Waals surface area contributed by atoms with Gasteiger partial charge in [-0.25, -0.2) is 4.39 Å². The van der Waals surface area contributed by atoms with Crippen LogP contribution in [0.25, 0.3) is 0 Å². The molecule has 1 aliphatic carbocycles. The predicted octanol–water partition coefficient (Wildman–Crippen LogP) is 3.44. The molecule has 0 saturated heterocycles. The van der Waals surface area contributed by atoms with E-state index < -0.39 is 5.41 Å². The van der Waals surface area contributed by atoms with Crippen LogP contribution in [0.5, 0.6) is 0 Å². The Labute approximate surface area is 129 Å². The van der Waals surface area contributed by atoms with Gasteiger partial charge in [0, 0.05) is 13.1 Å². The summed E-state index contributed by atoms with van der Waals surface area (Å²) in [7, 11) is 0. The van der Waals surface area contributed by atoms with Crippen molar-refractivity contribution < 1.29 is 9.18 Å². The summed E-state index contributed by atoms with van der Waals surface area (Å²) in [5, 5.41) is 0. The summed E-state index contributed by atoms with van der Waals surface area (Å²) < 4.78 is 13.1. The molecule has 1 saturated carbocycles. The molecular formula is C19H18FNO.